The maximum Gasteiger partial charge on any atom is 0.325 e. The van der Waals surface area contributed by atoms with Crippen molar-refractivity contribution in [2.45, 2.75) is 12.5 Å². The lowest BCUT2D eigenvalue weighted by Crippen LogP contribution is -2.41. The predicted molar refractivity (Wildman–Crippen MR) is 114 cm³/mol. The number of nitrogens with zero attached hydrogens (tertiary/aromatic N) is 1. The molecule has 1 unspecified atom stereocenters. The van der Waals surface area contributed by atoms with Gasteiger partial charge in [0.05, 0.1) is 24.1 Å². The highest BCUT2D eigenvalue weighted by Crippen LogP contribution is 2.33. The van der Waals surface area contributed by atoms with Crippen LogP contribution in [0.3, 0.4) is 0 Å². The summed E-state index contributed by atoms with van der Waals surface area (Å²) in [7, 11) is 0. The largest absolute Gasteiger partial charge is 0.466 e. The predicted octanol–water partition coefficient (Wildman–Crippen LogP) is 4.08. The van der Waals surface area contributed by atoms with Gasteiger partial charge in [0.1, 0.15) is 5.76 Å². The molecule has 1 atom stereocenters. The first kappa shape index (κ1) is 18.9. The monoisotopic (exact) mass is 413 g/mol. The summed E-state index contributed by atoms with van der Waals surface area (Å²) < 4.78 is 5.35. The average molecular weight is 413 g/mol. The van der Waals surface area contributed by atoms with E-state index in [1.165, 1.54) is 6.26 Å². The smallest absolute Gasteiger partial charge is 0.325 e. The Hall–Kier alpha value is -4.13. The van der Waals surface area contributed by atoms with Gasteiger partial charge in [-0.05, 0) is 30.7 Å². The van der Waals surface area contributed by atoms with Crippen LogP contribution in [0.1, 0.15) is 23.0 Å². The highest BCUT2D eigenvalue weighted by Gasteiger charge is 2.51. The van der Waals surface area contributed by atoms with Crippen molar-refractivity contribution in [3.63, 3.8) is 0 Å². The Kier molecular flexibility index (Phi) is 4.25. The molecule has 0 bridgehead atoms. The molecule has 31 heavy (non-hydrogen) atoms. The first-order valence-corrected chi connectivity index (χ1v) is 9.86. The molecule has 1 aliphatic heterocycles. The third-order valence-electron chi connectivity index (χ3n) is 5.64. The minimum atomic E-state index is -1.34. The molecule has 2 N–H and O–H groups in total. The van der Waals surface area contributed by atoms with E-state index in [9.17, 15) is 14.4 Å². The number of rotatable bonds is 5. The molecule has 2 aromatic heterocycles. The van der Waals surface area contributed by atoms with Crippen molar-refractivity contribution in [3.05, 3.63) is 84.3 Å². The number of H-pyrrole nitrogens is 1. The summed E-state index contributed by atoms with van der Waals surface area (Å²) in [6.45, 7) is 1.19. The molecule has 3 amide bonds. The number of benzene rings is 2. The number of furan rings is 1. The summed E-state index contributed by atoms with van der Waals surface area (Å²) in [5.74, 6) is -0.539. The minimum Gasteiger partial charge on any atom is -0.466 e. The third-order valence-corrected chi connectivity index (χ3v) is 5.64. The zero-order chi connectivity index (χ0) is 21.6. The molecule has 1 fully saturated rings. The van der Waals surface area contributed by atoms with Crippen LogP contribution < -0.4 is 5.32 Å². The van der Waals surface area contributed by atoms with Gasteiger partial charge < -0.3 is 14.7 Å². The Bertz CT molecular complexity index is 1310. The van der Waals surface area contributed by atoms with Gasteiger partial charge >= 0.3 is 6.03 Å². The van der Waals surface area contributed by atoms with Crippen LogP contribution in [0.2, 0.25) is 0 Å². The summed E-state index contributed by atoms with van der Waals surface area (Å²) >= 11 is 0. The van der Waals surface area contributed by atoms with Crippen LogP contribution in [0.5, 0.6) is 0 Å². The molecule has 2 aromatic carbocycles. The van der Waals surface area contributed by atoms with Crippen LogP contribution in [-0.2, 0) is 10.3 Å². The van der Waals surface area contributed by atoms with Crippen LogP contribution in [0.25, 0.3) is 22.2 Å². The number of aromatic nitrogens is 1. The Morgan fingerprint density at radius 3 is 2.48 bits per heavy atom. The Morgan fingerprint density at radius 1 is 1.00 bits per heavy atom. The number of carbonyl (C=O) groups is 3. The summed E-state index contributed by atoms with van der Waals surface area (Å²) in [5, 5.41) is 3.39. The van der Waals surface area contributed by atoms with Gasteiger partial charge in [0.2, 0.25) is 0 Å². The second-order valence-electron chi connectivity index (χ2n) is 7.63. The Balaban J connectivity index is 1.53. The van der Waals surface area contributed by atoms with Gasteiger partial charge in [-0.2, -0.15) is 0 Å². The van der Waals surface area contributed by atoms with E-state index in [-0.39, 0.29) is 12.3 Å². The molecule has 7 nitrogen and oxygen atoms in total. The highest BCUT2D eigenvalue weighted by molar-refractivity contribution is 6.17. The fourth-order valence-corrected chi connectivity index (χ4v) is 4.05. The van der Waals surface area contributed by atoms with E-state index in [0.717, 1.165) is 21.4 Å². The number of ketones is 1. The molecule has 0 aliphatic carbocycles. The van der Waals surface area contributed by atoms with Gasteiger partial charge in [-0.1, -0.05) is 48.5 Å². The zero-order valence-electron chi connectivity index (χ0n) is 16.7. The van der Waals surface area contributed by atoms with E-state index in [1.807, 2.05) is 54.6 Å². The van der Waals surface area contributed by atoms with E-state index in [4.69, 9.17) is 4.42 Å². The molecule has 0 radical (unpaired) electrons. The van der Waals surface area contributed by atoms with E-state index in [1.54, 1.807) is 19.1 Å². The van der Waals surface area contributed by atoms with Crippen molar-refractivity contribution in [2.24, 2.45) is 0 Å². The molecular weight excluding hydrogens is 394 g/mol. The van der Waals surface area contributed by atoms with E-state index < -0.39 is 17.5 Å². The van der Waals surface area contributed by atoms with Crippen molar-refractivity contribution in [1.29, 1.82) is 0 Å². The number of aromatic amines is 1. The van der Waals surface area contributed by atoms with Crippen molar-refractivity contribution < 1.29 is 18.8 Å². The number of hydrogen-bond acceptors (Lipinski definition) is 4. The number of imide groups is 1. The number of para-hydroxylation sites is 1. The maximum absolute atomic E-state index is 13.4. The molecular formula is C24H19N3O4. The van der Waals surface area contributed by atoms with Gasteiger partial charge in [-0.15, -0.1) is 0 Å². The van der Waals surface area contributed by atoms with Crippen molar-refractivity contribution in [1.82, 2.24) is 15.2 Å². The van der Waals surface area contributed by atoms with Crippen LogP contribution in [-0.4, -0.2) is 34.2 Å². The standard InChI is InChI=1S/C24H19N3O4/c1-24(19-12-7-13-31-19)22(29)27(23(30)26-24)14-18(28)20-16-10-5-6-11-17(16)25-21(20)15-8-3-2-4-9-15/h2-13,25H,14H2,1H3,(H,26,30). The van der Waals surface area contributed by atoms with Crippen molar-refractivity contribution in [2.75, 3.05) is 6.54 Å². The number of carbonyl (C=O) groups excluding carboxylic acids is 3. The van der Waals surface area contributed by atoms with E-state index >= 15 is 0 Å². The first-order chi connectivity index (χ1) is 15.0. The molecule has 154 valence electrons. The molecule has 5 rings (SSSR count). The summed E-state index contributed by atoms with van der Waals surface area (Å²) in [6, 6.07) is 19.6. The molecule has 1 saturated heterocycles. The molecule has 4 aromatic rings. The van der Waals surface area contributed by atoms with Gasteiger partial charge in [-0.3, -0.25) is 14.5 Å². The SMILES string of the molecule is CC1(c2ccco2)NC(=O)N(CC(=O)c2c(-c3ccccc3)[nH]c3ccccc23)C1=O. The van der Waals surface area contributed by atoms with Crippen LogP contribution in [0, 0.1) is 0 Å². The number of Topliss-reactive ketones (excluding diaryl/α,β-unsaturated/α-hetero) is 1. The molecule has 7 heteroatoms. The number of nitrogens with one attached hydrogen (secondary N) is 2. The quantitative estimate of drug-likeness (QED) is 0.381. The Labute approximate surface area is 177 Å². The second-order valence-corrected chi connectivity index (χ2v) is 7.63. The fourth-order valence-electron chi connectivity index (χ4n) is 4.05. The van der Waals surface area contributed by atoms with Crippen LogP contribution >= 0.6 is 0 Å². The zero-order valence-corrected chi connectivity index (χ0v) is 16.7. The highest BCUT2D eigenvalue weighted by atomic mass is 16.3. The number of fused-ring (bicyclic) bond motifs is 1. The van der Waals surface area contributed by atoms with Crippen molar-refractivity contribution >= 4 is 28.6 Å². The van der Waals surface area contributed by atoms with Crippen LogP contribution in [0.4, 0.5) is 4.79 Å². The molecule has 0 saturated carbocycles. The first-order valence-electron chi connectivity index (χ1n) is 9.86. The lowest BCUT2D eigenvalue weighted by molar-refractivity contribution is -0.131. The van der Waals surface area contributed by atoms with Gasteiger partial charge in [0.25, 0.3) is 5.91 Å². The molecule has 0 spiro atoms. The summed E-state index contributed by atoms with van der Waals surface area (Å²) in [4.78, 5) is 43.4. The van der Waals surface area contributed by atoms with E-state index in [2.05, 4.69) is 10.3 Å². The molecule has 1 aliphatic rings. The number of hydrogen-bond donors (Lipinski definition) is 2. The molecule has 3 heterocycles. The second kappa shape index (κ2) is 6.98. The topological polar surface area (TPSA) is 95.4 Å². The number of amides is 3. The summed E-state index contributed by atoms with van der Waals surface area (Å²) in [6.07, 6.45) is 1.44. The third kappa shape index (κ3) is 2.93. The minimum absolute atomic E-state index is 0.317. The Morgan fingerprint density at radius 2 is 1.74 bits per heavy atom. The normalized spacial score (nSPS) is 18.5. The van der Waals surface area contributed by atoms with Gasteiger partial charge in [0.15, 0.2) is 11.3 Å². The van der Waals surface area contributed by atoms with Crippen LogP contribution in [0.15, 0.2) is 77.4 Å². The van der Waals surface area contributed by atoms with Gasteiger partial charge in [-0.25, -0.2) is 4.79 Å². The number of urea groups is 1. The maximum atomic E-state index is 13.4. The average Bonchev–Trinajstić information content (AvgIpc) is 3.49. The van der Waals surface area contributed by atoms with Crippen molar-refractivity contribution in [3.8, 4) is 11.3 Å². The summed E-state index contributed by atoms with van der Waals surface area (Å²) in [5.41, 5.74) is 1.42. The lowest BCUT2D eigenvalue weighted by atomic mass is 9.98. The van der Waals surface area contributed by atoms with E-state index in [0.29, 0.717) is 17.0 Å². The fraction of sp³-hybridized carbons (Fsp3) is 0.125. The van der Waals surface area contributed by atoms with Gasteiger partial charge in [0, 0.05) is 10.9 Å². The lowest BCUT2D eigenvalue weighted by Gasteiger charge is -2.18.